The molecule has 0 aliphatic heterocycles. The maximum atomic E-state index is 11.6. The molecule has 3 N–H and O–H groups in total. The molecule has 1 atom stereocenters. The first kappa shape index (κ1) is 14.1. The lowest BCUT2D eigenvalue weighted by atomic mass is 10.1. The molecule has 1 aromatic rings. The van der Waals surface area contributed by atoms with Crippen molar-refractivity contribution in [2.75, 3.05) is 13.2 Å². The van der Waals surface area contributed by atoms with E-state index in [2.05, 4.69) is 9.44 Å². The van der Waals surface area contributed by atoms with E-state index in [1.54, 1.807) is 24.3 Å². The highest BCUT2D eigenvalue weighted by molar-refractivity contribution is 7.87. The maximum absolute atomic E-state index is 11.6. The number of benzene rings is 1. The Bertz CT molecular complexity index is 420. The number of aliphatic hydroxyl groups is 1. The third kappa shape index (κ3) is 4.82. The van der Waals surface area contributed by atoms with E-state index in [9.17, 15) is 13.5 Å². The van der Waals surface area contributed by atoms with Gasteiger partial charge >= 0.3 is 0 Å². The standard InChI is InChI=1S/C11H18N2O3S/c1-2-8-12-17(15,16)13-11(9-14)10-6-4-3-5-7-10/h3-7,11-14H,2,8-9H2,1H3/t11-/m1/s1. The van der Waals surface area contributed by atoms with Gasteiger partial charge in [0.25, 0.3) is 10.2 Å². The smallest absolute Gasteiger partial charge is 0.277 e. The van der Waals surface area contributed by atoms with Crippen LogP contribution in [-0.4, -0.2) is 26.7 Å². The minimum absolute atomic E-state index is 0.281. The van der Waals surface area contributed by atoms with Gasteiger partial charge in [0.2, 0.25) is 0 Å². The zero-order valence-corrected chi connectivity index (χ0v) is 10.6. The van der Waals surface area contributed by atoms with Crippen molar-refractivity contribution in [1.82, 2.24) is 9.44 Å². The van der Waals surface area contributed by atoms with E-state index < -0.39 is 16.3 Å². The lowest BCUT2D eigenvalue weighted by Gasteiger charge is -2.16. The lowest BCUT2D eigenvalue weighted by molar-refractivity contribution is 0.258. The topological polar surface area (TPSA) is 78.4 Å². The summed E-state index contributed by atoms with van der Waals surface area (Å²) in [7, 11) is -3.56. The molecule has 0 aliphatic rings. The summed E-state index contributed by atoms with van der Waals surface area (Å²) in [6, 6.07) is 8.34. The first-order valence-electron chi connectivity index (χ1n) is 5.51. The Balaban J connectivity index is 2.71. The van der Waals surface area contributed by atoms with Crippen LogP contribution in [0.15, 0.2) is 30.3 Å². The zero-order chi connectivity index (χ0) is 12.7. The molecule has 1 rings (SSSR count). The molecule has 0 heterocycles. The fourth-order valence-electron chi connectivity index (χ4n) is 1.36. The third-order valence-corrected chi connectivity index (χ3v) is 3.40. The summed E-state index contributed by atoms with van der Waals surface area (Å²) >= 11 is 0. The molecule has 5 nitrogen and oxygen atoms in total. The van der Waals surface area contributed by atoms with Gasteiger partial charge in [-0.1, -0.05) is 37.3 Å². The van der Waals surface area contributed by atoms with Crippen LogP contribution in [0.4, 0.5) is 0 Å². The molecule has 6 heteroatoms. The van der Waals surface area contributed by atoms with Crippen LogP contribution < -0.4 is 9.44 Å². The van der Waals surface area contributed by atoms with E-state index in [-0.39, 0.29) is 6.61 Å². The summed E-state index contributed by atoms with van der Waals surface area (Å²) in [6.07, 6.45) is 0.718. The fraction of sp³-hybridized carbons (Fsp3) is 0.455. The largest absolute Gasteiger partial charge is 0.394 e. The predicted molar refractivity (Wildman–Crippen MR) is 66.6 cm³/mol. The van der Waals surface area contributed by atoms with Crippen LogP contribution in [0.3, 0.4) is 0 Å². The molecule has 0 aliphatic carbocycles. The van der Waals surface area contributed by atoms with Crippen LogP contribution in [0.2, 0.25) is 0 Å². The monoisotopic (exact) mass is 258 g/mol. The molecule has 96 valence electrons. The normalized spacial score (nSPS) is 13.5. The molecule has 0 fully saturated rings. The second kappa shape index (κ2) is 6.70. The van der Waals surface area contributed by atoms with E-state index in [4.69, 9.17) is 0 Å². The molecule has 17 heavy (non-hydrogen) atoms. The first-order valence-corrected chi connectivity index (χ1v) is 7.00. The van der Waals surface area contributed by atoms with E-state index in [0.29, 0.717) is 6.54 Å². The summed E-state index contributed by atoms with van der Waals surface area (Å²) < 4.78 is 28.0. The average molecular weight is 258 g/mol. The van der Waals surface area contributed by atoms with E-state index in [0.717, 1.165) is 12.0 Å². The summed E-state index contributed by atoms with van der Waals surface area (Å²) in [6.45, 7) is 1.97. The summed E-state index contributed by atoms with van der Waals surface area (Å²) in [4.78, 5) is 0. The number of hydrogen-bond donors (Lipinski definition) is 3. The Morgan fingerprint density at radius 3 is 2.47 bits per heavy atom. The molecule has 0 saturated heterocycles. The Hall–Kier alpha value is -0.950. The molecule has 0 bridgehead atoms. The molecule has 0 spiro atoms. The molecular formula is C11H18N2O3S. The second-order valence-electron chi connectivity index (χ2n) is 3.66. The van der Waals surface area contributed by atoms with Crippen molar-refractivity contribution in [2.24, 2.45) is 0 Å². The first-order chi connectivity index (χ1) is 8.09. The number of rotatable bonds is 7. The fourth-order valence-corrected chi connectivity index (χ4v) is 2.50. The van der Waals surface area contributed by atoms with Gasteiger partial charge in [0.1, 0.15) is 0 Å². The predicted octanol–water partition coefficient (Wildman–Crippen LogP) is 0.554. The van der Waals surface area contributed by atoms with Crippen LogP contribution in [-0.2, 0) is 10.2 Å². The minimum atomic E-state index is -3.56. The van der Waals surface area contributed by atoms with Crippen LogP contribution in [0.5, 0.6) is 0 Å². The van der Waals surface area contributed by atoms with Gasteiger partial charge in [-0.15, -0.1) is 0 Å². The number of hydrogen-bond acceptors (Lipinski definition) is 3. The summed E-state index contributed by atoms with van der Waals surface area (Å²) in [5, 5.41) is 9.21. The summed E-state index contributed by atoms with van der Waals surface area (Å²) in [5.41, 5.74) is 0.733. The van der Waals surface area contributed by atoms with Gasteiger partial charge in [0, 0.05) is 6.54 Å². The van der Waals surface area contributed by atoms with Crippen molar-refractivity contribution in [3.05, 3.63) is 35.9 Å². The molecule has 0 unspecified atom stereocenters. The van der Waals surface area contributed by atoms with Crippen molar-refractivity contribution in [3.63, 3.8) is 0 Å². The van der Waals surface area contributed by atoms with Crippen molar-refractivity contribution in [3.8, 4) is 0 Å². The Morgan fingerprint density at radius 1 is 1.29 bits per heavy atom. The molecular weight excluding hydrogens is 240 g/mol. The second-order valence-corrected chi connectivity index (χ2v) is 5.19. The average Bonchev–Trinajstić information content (AvgIpc) is 2.35. The Labute approximate surface area is 102 Å². The highest BCUT2D eigenvalue weighted by Gasteiger charge is 2.17. The van der Waals surface area contributed by atoms with Crippen LogP contribution >= 0.6 is 0 Å². The molecule has 1 aromatic carbocycles. The Morgan fingerprint density at radius 2 is 1.94 bits per heavy atom. The van der Waals surface area contributed by atoms with E-state index in [1.807, 2.05) is 13.0 Å². The summed E-state index contributed by atoms with van der Waals surface area (Å²) in [5.74, 6) is 0. The van der Waals surface area contributed by atoms with Crippen molar-refractivity contribution < 1.29 is 13.5 Å². The zero-order valence-electron chi connectivity index (χ0n) is 9.76. The van der Waals surface area contributed by atoms with Gasteiger partial charge in [-0.25, -0.2) is 4.72 Å². The highest BCUT2D eigenvalue weighted by atomic mass is 32.2. The van der Waals surface area contributed by atoms with Crippen molar-refractivity contribution in [1.29, 1.82) is 0 Å². The quantitative estimate of drug-likeness (QED) is 0.668. The number of nitrogens with one attached hydrogen (secondary N) is 2. The molecule has 0 aromatic heterocycles. The van der Waals surface area contributed by atoms with Gasteiger partial charge in [0.05, 0.1) is 12.6 Å². The molecule has 0 radical (unpaired) electrons. The minimum Gasteiger partial charge on any atom is -0.394 e. The van der Waals surface area contributed by atoms with Gasteiger partial charge in [0.15, 0.2) is 0 Å². The number of aliphatic hydroxyl groups excluding tert-OH is 1. The van der Waals surface area contributed by atoms with Gasteiger partial charge in [-0.3, -0.25) is 0 Å². The SMILES string of the molecule is CCCNS(=O)(=O)N[C@H](CO)c1ccccc1. The molecule has 0 amide bonds. The van der Waals surface area contributed by atoms with E-state index >= 15 is 0 Å². The van der Waals surface area contributed by atoms with Crippen LogP contribution in [0.1, 0.15) is 24.9 Å². The molecule has 0 saturated carbocycles. The van der Waals surface area contributed by atoms with Crippen molar-refractivity contribution >= 4 is 10.2 Å². The highest BCUT2D eigenvalue weighted by Crippen LogP contribution is 2.12. The third-order valence-electron chi connectivity index (χ3n) is 2.22. The van der Waals surface area contributed by atoms with Crippen LogP contribution in [0.25, 0.3) is 0 Å². The lowest BCUT2D eigenvalue weighted by Crippen LogP contribution is -2.40. The van der Waals surface area contributed by atoms with Crippen molar-refractivity contribution in [2.45, 2.75) is 19.4 Å². The van der Waals surface area contributed by atoms with Gasteiger partial charge in [-0.05, 0) is 12.0 Å². The maximum Gasteiger partial charge on any atom is 0.277 e. The van der Waals surface area contributed by atoms with Gasteiger partial charge in [-0.2, -0.15) is 13.1 Å². The van der Waals surface area contributed by atoms with Gasteiger partial charge < -0.3 is 5.11 Å². The van der Waals surface area contributed by atoms with E-state index in [1.165, 1.54) is 0 Å². The Kier molecular flexibility index (Phi) is 5.57. The van der Waals surface area contributed by atoms with Crippen LogP contribution in [0, 0.1) is 0 Å².